The van der Waals surface area contributed by atoms with E-state index in [9.17, 15) is 4.39 Å². The fourth-order valence-electron chi connectivity index (χ4n) is 3.27. The van der Waals surface area contributed by atoms with Gasteiger partial charge in [-0.2, -0.15) is 0 Å². The zero-order valence-corrected chi connectivity index (χ0v) is 17.2. The van der Waals surface area contributed by atoms with Gasteiger partial charge in [-0.05, 0) is 30.7 Å². The minimum absolute atomic E-state index is 0.265. The molecule has 4 rings (SSSR count). The van der Waals surface area contributed by atoms with E-state index in [0.717, 1.165) is 19.6 Å². The van der Waals surface area contributed by atoms with Crippen LogP contribution in [-0.2, 0) is 4.74 Å². The molecule has 1 aromatic heterocycles. The van der Waals surface area contributed by atoms with Crippen molar-refractivity contribution >= 4 is 34.0 Å². The van der Waals surface area contributed by atoms with E-state index in [2.05, 4.69) is 20.6 Å². The second kappa shape index (κ2) is 9.42. The van der Waals surface area contributed by atoms with Gasteiger partial charge in [0.2, 0.25) is 0 Å². The fraction of sp³-hybridized carbons (Fsp3) is 0.333. The molecule has 0 aliphatic carbocycles. The Hall–Kier alpha value is -2.68. The Kier molecular flexibility index (Phi) is 6.47. The van der Waals surface area contributed by atoms with Gasteiger partial charge in [0.25, 0.3) is 0 Å². The first kappa shape index (κ1) is 20.6. The molecule has 7 nitrogen and oxygen atoms in total. The summed E-state index contributed by atoms with van der Waals surface area (Å²) in [6.07, 6.45) is 2.23. The van der Waals surface area contributed by atoms with Gasteiger partial charge in [0.05, 0.1) is 38.1 Å². The highest BCUT2D eigenvalue weighted by atomic mass is 35.5. The van der Waals surface area contributed by atoms with Crippen LogP contribution in [0.25, 0.3) is 10.9 Å². The Balaban J connectivity index is 1.55. The molecule has 3 aromatic rings. The summed E-state index contributed by atoms with van der Waals surface area (Å²) in [5.74, 6) is 1.12. The molecule has 158 valence electrons. The third-order valence-electron chi connectivity index (χ3n) is 4.83. The summed E-state index contributed by atoms with van der Waals surface area (Å²) >= 11 is 5.83. The quantitative estimate of drug-likeness (QED) is 0.585. The Morgan fingerprint density at radius 3 is 2.93 bits per heavy atom. The van der Waals surface area contributed by atoms with Crippen LogP contribution in [0.2, 0.25) is 5.02 Å². The summed E-state index contributed by atoms with van der Waals surface area (Å²) in [5, 5.41) is 7.40. The van der Waals surface area contributed by atoms with Crippen molar-refractivity contribution in [1.29, 1.82) is 0 Å². The van der Waals surface area contributed by atoms with Gasteiger partial charge in [0.15, 0.2) is 11.5 Å². The number of nitrogens with one attached hydrogen (secondary N) is 2. The molecular formula is C21H22ClFN4O3. The molecule has 30 heavy (non-hydrogen) atoms. The highest BCUT2D eigenvalue weighted by Gasteiger charge is 2.16. The number of hydrogen-bond donors (Lipinski definition) is 2. The number of hydrogen-bond acceptors (Lipinski definition) is 7. The molecule has 2 heterocycles. The maximum Gasteiger partial charge on any atom is 0.163 e. The third-order valence-corrected chi connectivity index (χ3v) is 5.06. The van der Waals surface area contributed by atoms with Gasteiger partial charge in [-0.3, -0.25) is 0 Å². The lowest BCUT2D eigenvalue weighted by atomic mass is 10.2. The lowest BCUT2D eigenvalue weighted by molar-refractivity contribution is 0.0690. The topological polar surface area (TPSA) is 77.5 Å². The van der Waals surface area contributed by atoms with Crippen molar-refractivity contribution in [2.75, 3.05) is 38.8 Å². The summed E-state index contributed by atoms with van der Waals surface area (Å²) in [4.78, 5) is 8.57. The Morgan fingerprint density at radius 2 is 2.17 bits per heavy atom. The Morgan fingerprint density at radius 1 is 1.27 bits per heavy atom. The maximum atomic E-state index is 14.2. The van der Waals surface area contributed by atoms with Crippen molar-refractivity contribution in [2.24, 2.45) is 0 Å². The molecule has 1 atom stereocenters. The summed E-state index contributed by atoms with van der Waals surface area (Å²) in [6, 6.07) is 8.26. The SMILES string of the molecule is COc1cc2c(Nc3ccc(Cl)cc3F)ncnc2cc1OCCC1COCCN1. The fourth-order valence-corrected chi connectivity index (χ4v) is 3.43. The molecule has 0 amide bonds. The summed E-state index contributed by atoms with van der Waals surface area (Å²) in [7, 11) is 1.57. The van der Waals surface area contributed by atoms with Crippen molar-refractivity contribution in [3.63, 3.8) is 0 Å². The van der Waals surface area contributed by atoms with Crippen molar-refractivity contribution in [3.05, 3.63) is 47.5 Å². The smallest absolute Gasteiger partial charge is 0.163 e. The molecule has 1 aliphatic rings. The molecule has 9 heteroatoms. The predicted octanol–water partition coefficient (Wildman–Crippen LogP) is 3.93. The van der Waals surface area contributed by atoms with Gasteiger partial charge in [-0.15, -0.1) is 0 Å². The van der Waals surface area contributed by atoms with Gasteiger partial charge in [-0.25, -0.2) is 14.4 Å². The maximum absolute atomic E-state index is 14.2. The molecule has 1 saturated heterocycles. The molecule has 1 unspecified atom stereocenters. The zero-order chi connectivity index (χ0) is 20.9. The van der Waals surface area contributed by atoms with Gasteiger partial charge in [0, 0.05) is 29.1 Å². The summed E-state index contributed by atoms with van der Waals surface area (Å²) in [5.41, 5.74) is 0.915. The van der Waals surface area contributed by atoms with Crippen LogP contribution in [0.5, 0.6) is 11.5 Å². The van der Waals surface area contributed by atoms with Crippen molar-refractivity contribution < 1.29 is 18.6 Å². The number of methoxy groups -OCH3 is 1. The Labute approximate surface area is 178 Å². The molecule has 0 bridgehead atoms. The van der Waals surface area contributed by atoms with E-state index in [4.69, 9.17) is 25.8 Å². The second-order valence-electron chi connectivity index (χ2n) is 6.85. The monoisotopic (exact) mass is 432 g/mol. The van der Waals surface area contributed by atoms with Crippen LogP contribution in [0.3, 0.4) is 0 Å². The molecule has 2 N–H and O–H groups in total. The highest BCUT2D eigenvalue weighted by molar-refractivity contribution is 6.30. The first-order valence-corrected chi connectivity index (χ1v) is 10.0. The number of rotatable bonds is 7. The number of benzene rings is 2. The molecule has 1 fully saturated rings. The van der Waals surface area contributed by atoms with E-state index in [1.54, 1.807) is 31.4 Å². The molecule has 0 spiro atoms. The standard InChI is InChI=1S/C21H22ClFN4O3/c1-28-19-9-15-18(10-20(19)30-6-4-14-11-29-7-5-24-14)25-12-26-21(15)27-17-3-2-13(22)8-16(17)23/h2-3,8-10,12,14,24H,4-7,11H2,1H3,(H,25,26,27). The first-order chi connectivity index (χ1) is 14.6. The average Bonchev–Trinajstić information content (AvgIpc) is 2.76. The van der Waals surface area contributed by atoms with Crippen LogP contribution in [0, 0.1) is 5.82 Å². The van der Waals surface area contributed by atoms with E-state index >= 15 is 0 Å². The Bertz CT molecular complexity index is 1030. The summed E-state index contributed by atoms with van der Waals surface area (Å²) in [6.45, 7) is 2.79. The molecule has 2 aromatic carbocycles. The molecule has 0 radical (unpaired) electrons. The van der Waals surface area contributed by atoms with Crippen molar-refractivity contribution in [1.82, 2.24) is 15.3 Å². The average molecular weight is 433 g/mol. The summed E-state index contributed by atoms with van der Waals surface area (Å²) < 4.78 is 31.1. The van der Waals surface area contributed by atoms with Gasteiger partial charge in [-0.1, -0.05) is 11.6 Å². The second-order valence-corrected chi connectivity index (χ2v) is 7.29. The third kappa shape index (κ3) is 4.72. The van der Waals surface area contributed by atoms with Crippen LogP contribution in [0.15, 0.2) is 36.7 Å². The largest absolute Gasteiger partial charge is 0.493 e. The lowest BCUT2D eigenvalue weighted by Crippen LogP contribution is -2.41. The minimum atomic E-state index is -0.471. The van der Waals surface area contributed by atoms with Gasteiger partial charge >= 0.3 is 0 Å². The van der Waals surface area contributed by atoms with Crippen LogP contribution in [-0.4, -0.2) is 49.5 Å². The van der Waals surface area contributed by atoms with E-state index in [1.165, 1.54) is 12.4 Å². The minimum Gasteiger partial charge on any atom is -0.493 e. The number of fused-ring (bicyclic) bond motifs is 1. The van der Waals surface area contributed by atoms with Crippen LogP contribution in [0.4, 0.5) is 15.9 Å². The van der Waals surface area contributed by atoms with E-state index in [-0.39, 0.29) is 11.7 Å². The number of morpholine rings is 1. The number of halogens is 2. The van der Waals surface area contributed by atoms with Gasteiger partial charge in [0.1, 0.15) is 18.0 Å². The van der Waals surface area contributed by atoms with E-state index in [0.29, 0.717) is 46.5 Å². The number of nitrogens with zero attached hydrogens (tertiary/aromatic N) is 2. The van der Waals surface area contributed by atoms with Crippen molar-refractivity contribution in [3.8, 4) is 11.5 Å². The number of anilines is 2. The van der Waals surface area contributed by atoms with Gasteiger partial charge < -0.3 is 24.8 Å². The number of ether oxygens (including phenoxy) is 3. The molecule has 1 aliphatic heterocycles. The van der Waals surface area contributed by atoms with E-state index < -0.39 is 5.82 Å². The predicted molar refractivity (Wildman–Crippen MR) is 114 cm³/mol. The molecular weight excluding hydrogens is 411 g/mol. The normalized spacial score (nSPS) is 16.4. The van der Waals surface area contributed by atoms with Crippen molar-refractivity contribution in [2.45, 2.75) is 12.5 Å². The molecule has 0 saturated carbocycles. The van der Waals surface area contributed by atoms with Crippen LogP contribution >= 0.6 is 11.6 Å². The van der Waals surface area contributed by atoms with E-state index in [1.807, 2.05) is 0 Å². The first-order valence-electron chi connectivity index (χ1n) is 9.63. The lowest BCUT2D eigenvalue weighted by Gasteiger charge is -2.23. The number of aromatic nitrogens is 2. The van der Waals surface area contributed by atoms with Crippen LogP contribution < -0.4 is 20.1 Å². The van der Waals surface area contributed by atoms with Crippen LogP contribution in [0.1, 0.15) is 6.42 Å². The highest BCUT2D eigenvalue weighted by Crippen LogP contribution is 2.35. The zero-order valence-electron chi connectivity index (χ0n) is 16.5.